The van der Waals surface area contributed by atoms with E-state index in [1.165, 1.54) is 18.5 Å². The van der Waals surface area contributed by atoms with E-state index in [4.69, 9.17) is 0 Å². The Morgan fingerprint density at radius 2 is 1.94 bits per heavy atom. The van der Waals surface area contributed by atoms with Gasteiger partial charge in [0.1, 0.15) is 0 Å². The second-order valence-corrected chi connectivity index (χ2v) is 6.20. The van der Waals surface area contributed by atoms with Gasteiger partial charge in [-0.2, -0.15) is 0 Å². The van der Waals surface area contributed by atoms with Gasteiger partial charge < -0.3 is 10.0 Å². The summed E-state index contributed by atoms with van der Waals surface area (Å²) in [5.41, 5.74) is 2.73. The molecule has 0 aromatic heterocycles. The van der Waals surface area contributed by atoms with Crippen LogP contribution < -0.4 is 4.90 Å². The Morgan fingerprint density at radius 3 is 2.50 bits per heavy atom. The van der Waals surface area contributed by atoms with Crippen molar-refractivity contribution in [3.05, 3.63) is 29.8 Å². The molecular weight excluding hydrogens is 222 g/mol. The van der Waals surface area contributed by atoms with Gasteiger partial charge in [0.25, 0.3) is 0 Å². The predicted octanol–water partition coefficient (Wildman–Crippen LogP) is 3.76. The fourth-order valence-electron chi connectivity index (χ4n) is 2.79. The summed E-state index contributed by atoms with van der Waals surface area (Å²) in [6.07, 6.45) is 3.04. The second-order valence-electron chi connectivity index (χ2n) is 6.20. The molecule has 100 valence electrons. The van der Waals surface area contributed by atoms with Crippen LogP contribution in [-0.2, 0) is 0 Å². The first-order chi connectivity index (χ1) is 8.52. The summed E-state index contributed by atoms with van der Waals surface area (Å²) < 4.78 is 0. The minimum Gasteiger partial charge on any atom is -0.388 e. The van der Waals surface area contributed by atoms with Gasteiger partial charge >= 0.3 is 0 Å². The lowest BCUT2D eigenvalue weighted by atomic mass is 9.84. The Labute approximate surface area is 111 Å². The van der Waals surface area contributed by atoms with E-state index in [0.717, 1.165) is 25.1 Å². The van der Waals surface area contributed by atoms with Crippen molar-refractivity contribution in [3.63, 3.8) is 0 Å². The number of aliphatic hydroxyl groups is 1. The fraction of sp³-hybridized carbons (Fsp3) is 0.625. The summed E-state index contributed by atoms with van der Waals surface area (Å²) in [5, 5.41) is 9.80. The molecule has 2 rings (SSSR count). The molecule has 0 aliphatic carbocycles. The maximum absolute atomic E-state index is 9.80. The zero-order chi connectivity index (χ0) is 13.2. The SMILES string of the molecule is CCC(O)c1ccc(N2CCCC(C)(C)C2)cc1. The van der Waals surface area contributed by atoms with Crippen molar-refractivity contribution in [2.75, 3.05) is 18.0 Å². The van der Waals surface area contributed by atoms with Crippen molar-refractivity contribution >= 4 is 5.69 Å². The van der Waals surface area contributed by atoms with Crippen LogP contribution in [0.5, 0.6) is 0 Å². The number of hydrogen-bond acceptors (Lipinski definition) is 2. The first-order valence-electron chi connectivity index (χ1n) is 7.05. The van der Waals surface area contributed by atoms with Crippen LogP contribution in [0.2, 0.25) is 0 Å². The Hall–Kier alpha value is -1.02. The molecule has 2 nitrogen and oxygen atoms in total. The summed E-state index contributed by atoms with van der Waals surface area (Å²) >= 11 is 0. The van der Waals surface area contributed by atoms with Gasteiger partial charge in [0.05, 0.1) is 6.10 Å². The number of aliphatic hydroxyl groups excluding tert-OH is 1. The highest BCUT2D eigenvalue weighted by Crippen LogP contribution is 2.32. The molecule has 1 heterocycles. The van der Waals surface area contributed by atoms with Crippen molar-refractivity contribution in [3.8, 4) is 0 Å². The van der Waals surface area contributed by atoms with E-state index in [1.54, 1.807) is 0 Å². The van der Waals surface area contributed by atoms with Crippen LogP contribution in [0.15, 0.2) is 24.3 Å². The molecule has 0 spiro atoms. The van der Waals surface area contributed by atoms with Crippen LogP contribution in [0.3, 0.4) is 0 Å². The molecule has 1 unspecified atom stereocenters. The molecule has 1 aliphatic rings. The van der Waals surface area contributed by atoms with Crippen LogP contribution in [0.25, 0.3) is 0 Å². The summed E-state index contributed by atoms with van der Waals surface area (Å²) in [7, 11) is 0. The lowest BCUT2D eigenvalue weighted by Crippen LogP contribution is -2.40. The lowest BCUT2D eigenvalue weighted by Gasteiger charge is -2.39. The average Bonchev–Trinajstić information content (AvgIpc) is 2.37. The number of rotatable bonds is 3. The monoisotopic (exact) mass is 247 g/mol. The number of anilines is 1. The Kier molecular flexibility index (Phi) is 3.96. The summed E-state index contributed by atoms with van der Waals surface area (Å²) in [6.45, 7) is 8.97. The molecule has 0 amide bonds. The summed E-state index contributed by atoms with van der Waals surface area (Å²) in [4.78, 5) is 2.46. The molecule has 1 atom stereocenters. The molecule has 1 aliphatic heterocycles. The minimum atomic E-state index is -0.322. The fourth-order valence-corrected chi connectivity index (χ4v) is 2.79. The Balaban J connectivity index is 2.09. The first-order valence-corrected chi connectivity index (χ1v) is 7.05. The van der Waals surface area contributed by atoms with Crippen LogP contribution in [-0.4, -0.2) is 18.2 Å². The summed E-state index contributed by atoms with van der Waals surface area (Å²) in [5.74, 6) is 0. The molecule has 2 heteroatoms. The van der Waals surface area contributed by atoms with Crippen LogP contribution in [0.1, 0.15) is 51.7 Å². The second kappa shape index (κ2) is 5.31. The molecule has 18 heavy (non-hydrogen) atoms. The van der Waals surface area contributed by atoms with Gasteiger partial charge in [-0.3, -0.25) is 0 Å². The highest BCUT2D eigenvalue weighted by molar-refractivity contribution is 5.48. The summed E-state index contributed by atoms with van der Waals surface area (Å²) in [6, 6.07) is 8.42. The molecule has 1 N–H and O–H groups in total. The van der Waals surface area contributed by atoms with Gasteiger partial charge in [-0.15, -0.1) is 0 Å². The van der Waals surface area contributed by atoms with Crippen molar-refractivity contribution in [2.24, 2.45) is 5.41 Å². The van der Waals surface area contributed by atoms with Gasteiger partial charge in [-0.25, -0.2) is 0 Å². The van der Waals surface area contributed by atoms with E-state index >= 15 is 0 Å². The maximum atomic E-state index is 9.80. The zero-order valence-electron chi connectivity index (χ0n) is 11.8. The van der Waals surface area contributed by atoms with Gasteiger partial charge in [0.2, 0.25) is 0 Å². The molecule has 0 bridgehead atoms. The maximum Gasteiger partial charge on any atom is 0.0787 e. The first kappa shape index (κ1) is 13.4. The highest BCUT2D eigenvalue weighted by Gasteiger charge is 2.26. The van der Waals surface area contributed by atoms with E-state index in [1.807, 2.05) is 6.92 Å². The van der Waals surface area contributed by atoms with E-state index in [9.17, 15) is 5.11 Å². The normalized spacial score (nSPS) is 20.8. The van der Waals surface area contributed by atoms with Crippen molar-refractivity contribution in [1.82, 2.24) is 0 Å². The molecule has 1 saturated heterocycles. The number of hydrogen-bond donors (Lipinski definition) is 1. The van der Waals surface area contributed by atoms with E-state index in [2.05, 4.69) is 43.0 Å². The van der Waals surface area contributed by atoms with Crippen molar-refractivity contribution < 1.29 is 5.11 Å². The van der Waals surface area contributed by atoms with E-state index in [0.29, 0.717) is 5.41 Å². The molecule has 0 saturated carbocycles. The highest BCUT2D eigenvalue weighted by atomic mass is 16.3. The molecular formula is C16H25NO. The van der Waals surface area contributed by atoms with Crippen molar-refractivity contribution in [1.29, 1.82) is 0 Å². The van der Waals surface area contributed by atoms with Crippen molar-refractivity contribution in [2.45, 2.75) is 46.1 Å². The largest absolute Gasteiger partial charge is 0.388 e. The minimum absolute atomic E-state index is 0.322. The molecule has 1 fully saturated rings. The third-order valence-electron chi connectivity index (χ3n) is 3.93. The smallest absolute Gasteiger partial charge is 0.0787 e. The molecule has 0 radical (unpaired) electrons. The number of nitrogens with zero attached hydrogens (tertiary/aromatic N) is 1. The van der Waals surface area contributed by atoms with Gasteiger partial charge in [-0.1, -0.05) is 32.9 Å². The Bertz CT molecular complexity index is 383. The van der Waals surface area contributed by atoms with E-state index in [-0.39, 0.29) is 6.10 Å². The van der Waals surface area contributed by atoms with Gasteiger partial charge in [0, 0.05) is 18.8 Å². The van der Waals surface area contributed by atoms with Gasteiger partial charge in [-0.05, 0) is 42.4 Å². The molecule has 1 aromatic rings. The van der Waals surface area contributed by atoms with Gasteiger partial charge in [0.15, 0.2) is 0 Å². The molecule has 1 aromatic carbocycles. The standard InChI is InChI=1S/C16H25NO/c1-4-15(18)13-6-8-14(9-7-13)17-11-5-10-16(2,3)12-17/h6-9,15,18H,4-5,10-12H2,1-3H3. The Morgan fingerprint density at radius 1 is 1.28 bits per heavy atom. The quantitative estimate of drug-likeness (QED) is 0.879. The van der Waals surface area contributed by atoms with Crippen LogP contribution in [0.4, 0.5) is 5.69 Å². The van der Waals surface area contributed by atoms with Crippen LogP contribution in [0, 0.1) is 5.41 Å². The third-order valence-corrected chi connectivity index (χ3v) is 3.93. The average molecular weight is 247 g/mol. The van der Waals surface area contributed by atoms with E-state index < -0.39 is 0 Å². The number of benzene rings is 1. The third kappa shape index (κ3) is 3.05. The topological polar surface area (TPSA) is 23.5 Å². The number of piperidine rings is 1. The predicted molar refractivity (Wildman–Crippen MR) is 76.9 cm³/mol. The van der Waals surface area contributed by atoms with Crippen LogP contribution >= 0.6 is 0 Å². The zero-order valence-corrected chi connectivity index (χ0v) is 11.8. The lowest BCUT2D eigenvalue weighted by molar-refractivity contribution is 0.173.